The Morgan fingerprint density at radius 3 is 2.64 bits per heavy atom. The van der Waals surface area contributed by atoms with Gasteiger partial charge in [-0.3, -0.25) is 4.79 Å². The lowest BCUT2D eigenvalue weighted by Gasteiger charge is -2.35. The molecule has 11 heteroatoms. The molecule has 0 bridgehead atoms. The quantitative estimate of drug-likeness (QED) is 0.688. The minimum Gasteiger partial charge on any atom is -0.481 e. The Balaban J connectivity index is 1.76. The number of nitrogens with one attached hydrogen (secondary N) is 1. The first kappa shape index (κ1) is 15.7. The van der Waals surface area contributed by atoms with Gasteiger partial charge in [-0.1, -0.05) is 5.21 Å². The zero-order valence-electron chi connectivity index (χ0n) is 11.5. The van der Waals surface area contributed by atoms with Gasteiger partial charge < -0.3 is 5.11 Å². The first-order chi connectivity index (χ1) is 10.4. The van der Waals surface area contributed by atoms with Crippen LogP contribution in [-0.2, 0) is 15.0 Å². The Morgan fingerprint density at radius 2 is 2.09 bits per heavy atom. The van der Waals surface area contributed by atoms with Crippen molar-refractivity contribution >= 4 is 27.8 Å². The van der Waals surface area contributed by atoms with E-state index in [1.807, 2.05) is 0 Å². The van der Waals surface area contributed by atoms with Gasteiger partial charge in [-0.25, -0.2) is 4.68 Å². The van der Waals surface area contributed by atoms with Gasteiger partial charge in [0.1, 0.15) is 0 Å². The van der Waals surface area contributed by atoms with Crippen molar-refractivity contribution in [1.82, 2.24) is 24.0 Å². The molecule has 0 spiro atoms. The van der Waals surface area contributed by atoms with Gasteiger partial charge in [0.2, 0.25) is 0 Å². The molecule has 1 saturated carbocycles. The van der Waals surface area contributed by atoms with Crippen LogP contribution in [0.2, 0.25) is 0 Å². The second-order valence-electron chi connectivity index (χ2n) is 5.60. The lowest BCUT2D eigenvalue weighted by molar-refractivity contribution is -0.141. The predicted octanol–water partition coefficient (Wildman–Crippen LogP) is -0.560. The third kappa shape index (κ3) is 2.96. The summed E-state index contributed by atoms with van der Waals surface area (Å²) in [4.78, 5) is 11.2. The first-order valence-electron chi connectivity index (χ1n) is 6.87. The van der Waals surface area contributed by atoms with Gasteiger partial charge in [-0.05, 0) is 12.8 Å². The topological polar surface area (TPSA) is 117 Å². The van der Waals surface area contributed by atoms with E-state index in [1.165, 1.54) is 15.2 Å². The molecule has 9 nitrogen and oxygen atoms in total. The van der Waals surface area contributed by atoms with E-state index >= 15 is 0 Å². The maximum atomic E-state index is 12.3. The number of aliphatic carboxylic acids is 1. The van der Waals surface area contributed by atoms with Gasteiger partial charge in [-0.15, -0.1) is 16.7 Å². The van der Waals surface area contributed by atoms with E-state index in [9.17, 15) is 18.3 Å². The van der Waals surface area contributed by atoms with E-state index in [0.29, 0.717) is 6.42 Å². The normalized spacial score (nSPS) is 30.3. The molecule has 2 aliphatic rings. The zero-order valence-corrected chi connectivity index (χ0v) is 13.1. The van der Waals surface area contributed by atoms with E-state index in [4.69, 9.17) is 11.6 Å². The van der Waals surface area contributed by atoms with Crippen molar-refractivity contribution in [1.29, 1.82) is 0 Å². The summed E-state index contributed by atoms with van der Waals surface area (Å²) in [5.74, 6) is -1.55. The molecule has 0 radical (unpaired) electrons. The van der Waals surface area contributed by atoms with Gasteiger partial charge in [-0.2, -0.15) is 17.4 Å². The number of hydrogen-bond donors (Lipinski definition) is 2. The maximum Gasteiger partial charge on any atom is 0.306 e. The number of carboxylic acid groups (broad SMARTS) is 1. The second-order valence-corrected chi connectivity index (χ2v) is 7.92. The van der Waals surface area contributed by atoms with Crippen LogP contribution in [0.5, 0.6) is 0 Å². The lowest BCUT2D eigenvalue weighted by Crippen LogP contribution is -2.57. The highest BCUT2D eigenvalue weighted by molar-refractivity contribution is 7.87. The summed E-state index contributed by atoms with van der Waals surface area (Å²) in [6.45, 7) is 0.528. The minimum atomic E-state index is -3.67. The molecular formula is C11H16ClN5O4S. The highest BCUT2D eigenvalue weighted by Crippen LogP contribution is 2.35. The molecule has 1 aromatic rings. The third-order valence-electron chi connectivity index (χ3n) is 4.10. The van der Waals surface area contributed by atoms with E-state index in [0.717, 1.165) is 0 Å². The van der Waals surface area contributed by atoms with E-state index in [-0.39, 0.29) is 30.9 Å². The molecule has 1 aromatic heterocycles. The molecule has 2 N–H and O–H groups in total. The monoisotopic (exact) mass is 349 g/mol. The lowest BCUT2D eigenvalue weighted by atomic mass is 10.1. The van der Waals surface area contributed by atoms with Crippen LogP contribution >= 0.6 is 11.6 Å². The molecule has 22 heavy (non-hydrogen) atoms. The van der Waals surface area contributed by atoms with Crippen LogP contribution in [-0.4, -0.2) is 63.3 Å². The SMILES string of the molecule is O=C(O)C1C[C@@H](NS(=O)(=O)N2CC(Cl)C2)[C@@H](n2ccnn2)C1. The van der Waals surface area contributed by atoms with E-state index in [2.05, 4.69) is 15.0 Å². The minimum absolute atomic E-state index is 0.168. The fraction of sp³-hybridized carbons (Fsp3) is 0.727. The Bertz CT molecular complexity index is 645. The standard InChI is InChI=1S/C11H16ClN5O4S/c12-8-5-16(6-8)22(20,21)14-9-3-7(11(18)19)4-10(9)17-2-1-13-15-17/h1-2,7-10,14H,3-6H2,(H,18,19)/t7?,9-,10+/m1/s1. The van der Waals surface area contributed by atoms with E-state index < -0.39 is 28.1 Å². The van der Waals surface area contributed by atoms with Crippen molar-refractivity contribution in [2.75, 3.05) is 13.1 Å². The van der Waals surface area contributed by atoms with E-state index in [1.54, 1.807) is 6.20 Å². The molecule has 1 aliphatic heterocycles. The number of aromatic nitrogens is 3. The summed E-state index contributed by atoms with van der Waals surface area (Å²) in [5.41, 5.74) is 0. The molecule has 1 saturated heterocycles. The van der Waals surface area contributed by atoms with Crippen LogP contribution < -0.4 is 4.72 Å². The maximum absolute atomic E-state index is 12.3. The molecule has 1 aliphatic carbocycles. The first-order valence-corrected chi connectivity index (χ1v) is 8.74. The highest BCUT2D eigenvalue weighted by Gasteiger charge is 2.43. The van der Waals surface area contributed by atoms with Gasteiger partial charge >= 0.3 is 5.97 Å². The summed E-state index contributed by atoms with van der Waals surface area (Å²) < 4.78 is 29.9. The fourth-order valence-electron chi connectivity index (χ4n) is 2.88. The second kappa shape index (κ2) is 5.76. The molecule has 3 atom stereocenters. The van der Waals surface area contributed by atoms with Gasteiger partial charge in [0.15, 0.2) is 0 Å². The van der Waals surface area contributed by atoms with Crippen molar-refractivity contribution < 1.29 is 18.3 Å². The Kier molecular flexibility index (Phi) is 4.10. The van der Waals surface area contributed by atoms with Crippen LogP contribution in [0.3, 0.4) is 0 Å². The van der Waals surface area contributed by atoms with Crippen molar-refractivity contribution in [3.05, 3.63) is 12.4 Å². The van der Waals surface area contributed by atoms with Crippen molar-refractivity contribution in [3.8, 4) is 0 Å². The third-order valence-corrected chi connectivity index (χ3v) is 5.96. The Labute approximate surface area is 132 Å². The number of halogens is 1. The van der Waals surface area contributed by atoms with Crippen LogP contribution in [0, 0.1) is 5.92 Å². The number of nitrogens with zero attached hydrogens (tertiary/aromatic N) is 4. The number of hydrogen-bond acceptors (Lipinski definition) is 5. The predicted molar refractivity (Wildman–Crippen MR) is 76.5 cm³/mol. The molecule has 122 valence electrons. The average molecular weight is 350 g/mol. The summed E-state index contributed by atoms with van der Waals surface area (Å²) in [6, 6.07) is -0.909. The van der Waals surface area contributed by atoms with Crippen molar-refractivity contribution in [3.63, 3.8) is 0 Å². The van der Waals surface area contributed by atoms with Crippen molar-refractivity contribution in [2.24, 2.45) is 5.92 Å². The summed E-state index contributed by atoms with van der Waals surface area (Å²) in [6.07, 6.45) is 3.61. The zero-order chi connectivity index (χ0) is 15.9. The molecule has 1 unspecified atom stereocenters. The summed E-state index contributed by atoms with van der Waals surface area (Å²) in [7, 11) is -3.67. The Morgan fingerprint density at radius 1 is 1.36 bits per heavy atom. The summed E-state index contributed by atoms with van der Waals surface area (Å²) in [5, 5.41) is 16.6. The van der Waals surface area contributed by atoms with Crippen LogP contribution in [0.1, 0.15) is 18.9 Å². The van der Waals surface area contributed by atoms with Crippen molar-refractivity contribution in [2.45, 2.75) is 30.3 Å². The number of alkyl halides is 1. The molecular weight excluding hydrogens is 334 g/mol. The molecule has 2 heterocycles. The number of rotatable bonds is 5. The number of carbonyl (C=O) groups is 1. The summed E-state index contributed by atoms with van der Waals surface area (Å²) >= 11 is 5.81. The molecule has 0 aromatic carbocycles. The molecule has 3 rings (SSSR count). The molecule has 2 fully saturated rings. The fourth-order valence-corrected chi connectivity index (χ4v) is 4.92. The number of carboxylic acids is 1. The smallest absolute Gasteiger partial charge is 0.306 e. The van der Waals surface area contributed by atoms with Crippen LogP contribution in [0.15, 0.2) is 12.4 Å². The van der Waals surface area contributed by atoms with Crippen LogP contribution in [0.25, 0.3) is 0 Å². The largest absolute Gasteiger partial charge is 0.481 e. The average Bonchev–Trinajstić information content (AvgIpc) is 3.02. The van der Waals surface area contributed by atoms with Gasteiger partial charge in [0, 0.05) is 25.3 Å². The van der Waals surface area contributed by atoms with Gasteiger partial charge in [0.05, 0.1) is 23.5 Å². The van der Waals surface area contributed by atoms with Gasteiger partial charge in [0.25, 0.3) is 10.2 Å². The Hall–Kier alpha value is -1.23. The van der Waals surface area contributed by atoms with Crippen LogP contribution in [0.4, 0.5) is 0 Å². The molecule has 0 amide bonds. The highest BCUT2D eigenvalue weighted by atomic mass is 35.5.